The molecule has 0 aliphatic carbocycles. The van der Waals surface area contributed by atoms with E-state index in [2.05, 4.69) is 39.2 Å². The van der Waals surface area contributed by atoms with Crippen LogP contribution in [0.3, 0.4) is 0 Å². The van der Waals surface area contributed by atoms with E-state index in [9.17, 15) is 4.79 Å². The number of piperazine rings is 1. The van der Waals surface area contributed by atoms with Gasteiger partial charge in [0.05, 0.1) is 4.88 Å². The normalized spacial score (nSPS) is 14.7. The van der Waals surface area contributed by atoms with Crippen LogP contribution in [0.4, 0.5) is 0 Å². The van der Waals surface area contributed by atoms with E-state index in [0.29, 0.717) is 12.3 Å². The first-order valence-electron chi connectivity index (χ1n) is 10.5. The van der Waals surface area contributed by atoms with Crippen LogP contribution in [0.1, 0.15) is 22.8 Å². The molecule has 0 unspecified atom stereocenters. The van der Waals surface area contributed by atoms with E-state index >= 15 is 0 Å². The van der Waals surface area contributed by atoms with E-state index in [-0.39, 0.29) is 5.91 Å². The van der Waals surface area contributed by atoms with Crippen LogP contribution in [-0.4, -0.2) is 63.2 Å². The molecule has 0 bridgehead atoms. The number of aromatic nitrogens is 3. The Balaban J connectivity index is 1.50. The molecule has 6 nitrogen and oxygen atoms in total. The average Bonchev–Trinajstić information content (AvgIpc) is 3.48. The van der Waals surface area contributed by atoms with Gasteiger partial charge in [0.1, 0.15) is 0 Å². The second-order valence-electron chi connectivity index (χ2n) is 7.36. The number of thiophene rings is 1. The van der Waals surface area contributed by atoms with Crippen LogP contribution in [0.15, 0.2) is 59.6 Å². The Morgan fingerprint density at radius 3 is 2.68 bits per heavy atom. The summed E-state index contributed by atoms with van der Waals surface area (Å²) in [5, 5.41) is 11.7. The summed E-state index contributed by atoms with van der Waals surface area (Å²) in [5.74, 6) is 1.64. The van der Waals surface area contributed by atoms with Gasteiger partial charge in [-0.05, 0) is 29.6 Å². The van der Waals surface area contributed by atoms with Crippen LogP contribution in [0, 0.1) is 0 Å². The summed E-state index contributed by atoms with van der Waals surface area (Å²) in [6.45, 7) is 11.2. The summed E-state index contributed by atoms with van der Waals surface area (Å²) in [6.07, 6.45) is 1.86. The smallest absolute Gasteiger partial charge is 0.254 e. The van der Waals surface area contributed by atoms with Crippen LogP contribution in [0.5, 0.6) is 0 Å². The van der Waals surface area contributed by atoms with Crippen LogP contribution in [-0.2, 0) is 12.3 Å². The Hall–Kier alpha value is -2.42. The fraction of sp³-hybridized carbons (Fsp3) is 0.348. The SMILES string of the molecule is C=CCn1c(SCc2ccccc2C(=O)N2CCN(CC)CC2)nnc1-c1cccs1. The number of amides is 1. The highest BCUT2D eigenvalue weighted by Crippen LogP contribution is 2.29. The van der Waals surface area contributed by atoms with Crippen molar-refractivity contribution in [1.82, 2.24) is 24.6 Å². The second kappa shape index (κ2) is 10.3. The quantitative estimate of drug-likeness (QED) is 0.377. The van der Waals surface area contributed by atoms with Crippen LogP contribution >= 0.6 is 23.1 Å². The summed E-state index contributed by atoms with van der Waals surface area (Å²) in [5.41, 5.74) is 1.81. The summed E-state index contributed by atoms with van der Waals surface area (Å²) < 4.78 is 2.08. The third kappa shape index (κ3) is 4.92. The number of thioether (sulfide) groups is 1. The summed E-state index contributed by atoms with van der Waals surface area (Å²) in [4.78, 5) is 18.7. The van der Waals surface area contributed by atoms with Gasteiger partial charge in [-0.15, -0.1) is 28.1 Å². The summed E-state index contributed by atoms with van der Waals surface area (Å²) in [6, 6.07) is 12.0. The maximum absolute atomic E-state index is 13.2. The first-order valence-corrected chi connectivity index (χ1v) is 12.4. The summed E-state index contributed by atoms with van der Waals surface area (Å²) in [7, 11) is 0. The molecule has 31 heavy (non-hydrogen) atoms. The third-order valence-electron chi connectivity index (χ3n) is 5.48. The van der Waals surface area contributed by atoms with Gasteiger partial charge < -0.3 is 9.80 Å². The predicted octanol–water partition coefficient (Wildman–Crippen LogP) is 4.26. The molecule has 1 aliphatic rings. The first-order chi connectivity index (χ1) is 15.2. The van der Waals surface area contributed by atoms with Gasteiger partial charge in [0.25, 0.3) is 5.91 Å². The number of allylic oxidation sites excluding steroid dienone is 1. The number of carbonyl (C=O) groups excluding carboxylic acids is 1. The molecule has 1 fully saturated rings. The molecular formula is C23H27N5OS2. The van der Waals surface area contributed by atoms with Crippen molar-refractivity contribution in [2.75, 3.05) is 32.7 Å². The Morgan fingerprint density at radius 1 is 1.16 bits per heavy atom. The monoisotopic (exact) mass is 453 g/mol. The molecule has 162 valence electrons. The van der Waals surface area contributed by atoms with Crippen LogP contribution < -0.4 is 0 Å². The molecular weight excluding hydrogens is 426 g/mol. The lowest BCUT2D eigenvalue weighted by Crippen LogP contribution is -2.48. The molecule has 3 heterocycles. The van der Waals surface area contributed by atoms with Crippen LogP contribution in [0.2, 0.25) is 0 Å². The number of nitrogens with zero attached hydrogens (tertiary/aromatic N) is 5. The topological polar surface area (TPSA) is 54.3 Å². The average molecular weight is 454 g/mol. The Kier molecular flexibility index (Phi) is 7.21. The van der Waals surface area contributed by atoms with Crippen molar-refractivity contribution in [2.24, 2.45) is 0 Å². The molecule has 0 saturated carbocycles. The second-order valence-corrected chi connectivity index (χ2v) is 9.25. The highest BCUT2D eigenvalue weighted by atomic mass is 32.2. The molecule has 4 rings (SSSR count). The largest absolute Gasteiger partial charge is 0.336 e. The van der Waals surface area contributed by atoms with E-state index in [1.807, 2.05) is 46.7 Å². The molecule has 2 aromatic heterocycles. The van der Waals surface area contributed by atoms with Gasteiger partial charge in [0, 0.05) is 44.0 Å². The maximum Gasteiger partial charge on any atom is 0.254 e. The minimum atomic E-state index is 0.124. The predicted molar refractivity (Wildman–Crippen MR) is 128 cm³/mol. The van der Waals surface area contributed by atoms with E-state index in [1.165, 1.54) is 0 Å². The molecule has 1 aromatic carbocycles. The van der Waals surface area contributed by atoms with Gasteiger partial charge in [-0.1, -0.05) is 49.0 Å². The van der Waals surface area contributed by atoms with Gasteiger partial charge in [0.2, 0.25) is 0 Å². The number of likely N-dealkylation sites (N-methyl/N-ethyl adjacent to an activating group) is 1. The maximum atomic E-state index is 13.2. The zero-order chi connectivity index (χ0) is 21.6. The fourth-order valence-corrected chi connectivity index (χ4v) is 5.38. The lowest BCUT2D eigenvalue weighted by molar-refractivity contribution is 0.0642. The lowest BCUT2D eigenvalue weighted by atomic mass is 10.1. The molecule has 1 saturated heterocycles. The number of carbonyl (C=O) groups is 1. The van der Waals surface area contributed by atoms with E-state index in [0.717, 1.165) is 59.7 Å². The lowest BCUT2D eigenvalue weighted by Gasteiger charge is -2.34. The standard InChI is InChI=1S/C23H27N5OS2/c1-3-11-28-21(20-10-7-16-30-20)24-25-23(28)31-17-18-8-5-6-9-19(18)22(29)27-14-12-26(4-2)13-15-27/h3,5-10,16H,1,4,11-15,17H2,2H3. The van der Waals surface area contributed by atoms with E-state index in [4.69, 9.17) is 0 Å². The number of hydrogen-bond donors (Lipinski definition) is 0. The van der Waals surface area contributed by atoms with Gasteiger partial charge in [-0.25, -0.2) is 0 Å². The molecule has 3 aromatic rings. The molecule has 0 spiro atoms. The molecule has 0 N–H and O–H groups in total. The first kappa shape index (κ1) is 21.8. The van der Waals surface area contributed by atoms with Gasteiger partial charge in [0.15, 0.2) is 11.0 Å². The van der Waals surface area contributed by atoms with E-state index in [1.54, 1.807) is 23.1 Å². The molecule has 1 amide bonds. The molecule has 1 aliphatic heterocycles. The Bertz CT molecular complexity index is 1020. The highest BCUT2D eigenvalue weighted by Gasteiger charge is 2.23. The van der Waals surface area contributed by atoms with Crippen molar-refractivity contribution >= 4 is 29.0 Å². The zero-order valence-corrected chi connectivity index (χ0v) is 19.4. The number of hydrogen-bond acceptors (Lipinski definition) is 6. The minimum Gasteiger partial charge on any atom is -0.336 e. The Morgan fingerprint density at radius 2 is 1.97 bits per heavy atom. The van der Waals surface area contributed by atoms with Crippen molar-refractivity contribution in [3.8, 4) is 10.7 Å². The third-order valence-corrected chi connectivity index (χ3v) is 7.36. The summed E-state index contributed by atoms with van der Waals surface area (Å²) >= 11 is 3.25. The zero-order valence-electron chi connectivity index (χ0n) is 17.7. The van der Waals surface area contributed by atoms with Gasteiger partial charge in [-0.2, -0.15) is 0 Å². The van der Waals surface area contributed by atoms with E-state index < -0.39 is 0 Å². The van der Waals surface area contributed by atoms with Crippen molar-refractivity contribution in [1.29, 1.82) is 0 Å². The minimum absolute atomic E-state index is 0.124. The van der Waals surface area contributed by atoms with Crippen molar-refractivity contribution in [3.05, 3.63) is 65.6 Å². The van der Waals surface area contributed by atoms with Crippen LogP contribution in [0.25, 0.3) is 10.7 Å². The number of benzene rings is 1. The van der Waals surface area contributed by atoms with Gasteiger partial charge in [-0.3, -0.25) is 9.36 Å². The highest BCUT2D eigenvalue weighted by molar-refractivity contribution is 7.98. The molecule has 0 radical (unpaired) electrons. The van der Waals surface area contributed by atoms with Gasteiger partial charge >= 0.3 is 0 Å². The molecule has 0 atom stereocenters. The number of rotatable bonds is 8. The van der Waals surface area contributed by atoms with Crippen molar-refractivity contribution in [3.63, 3.8) is 0 Å². The molecule has 8 heteroatoms. The Labute approximate surface area is 191 Å². The van der Waals surface area contributed by atoms with Crippen molar-refractivity contribution < 1.29 is 4.79 Å². The fourth-order valence-electron chi connectivity index (χ4n) is 3.71. The van der Waals surface area contributed by atoms with Crippen molar-refractivity contribution in [2.45, 2.75) is 24.4 Å².